The first kappa shape index (κ1) is 20.2. The van der Waals surface area contributed by atoms with Gasteiger partial charge in [-0.3, -0.25) is 4.79 Å². The monoisotopic (exact) mass is 395 g/mol. The number of amides is 1. The van der Waals surface area contributed by atoms with Gasteiger partial charge in [0.2, 0.25) is 5.91 Å². The normalized spacial score (nSPS) is 16.3. The molecule has 0 bridgehead atoms. The van der Waals surface area contributed by atoms with Gasteiger partial charge in [0.15, 0.2) is 0 Å². The van der Waals surface area contributed by atoms with Crippen molar-refractivity contribution in [2.75, 3.05) is 18.0 Å². The van der Waals surface area contributed by atoms with Gasteiger partial charge in [0.05, 0.1) is 10.6 Å². The smallest absolute Gasteiger partial charge is 0.225 e. The van der Waals surface area contributed by atoms with E-state index >= 15 is 0 Å². The minimum Gasteiger partial charge on any atom is -0.362 e. The predicted molar refractivity (Wildman–Crippen MR) is 113 cm³/mol. The van der Waals surface area contributed by atoms with Crippen molar-refractivity contribution in [3.8, 4) is 6.07 Å². The van der Waals surface area contributed by atoms with E-state index in [9.17, 15) is 10.1 Å². The molecule has 4 nitrogen and oxygen atoms in total. The van der Waals surface area contributed by atoms with E-state index in [1.165, 1.54) is 11.1 Å². The van der Waals surface area contributed by atoms with Crippen molar-refractivity contribution in [3.05, 3.63) is 64.2 Å². The number of hydrogen-bond donors (Lipinski definition) is 0. The lowest BCUT2D eigenvalue weighted by Crippen LogP contribution is -2.39. The number of nitriles is 1. The molecule has 1 atom stereocenters. The van der Waals surface area contributed by atoms with Gasteiger partial charge in [-0.2, -0.15) is 5.26 Å². The van der Waals surface area contributed by atoms with Gasteiger partial charge in [-0.25, -0.2) is 0 Å². The summed E-state index contributed by atoms with van der Waals surface area (Å²) in [5.41, 5.74) is 3.94. The van der Waals surface area contributed by atoms with Gasteiger partial charge in [-0.05, 0) is 42.7 Å². The minimum absolute atomic E-state index is 0.00734. The van der Waals surface area contributed by atoms with E-state index in [1.54, 1.807) is 6.07 Å². The Morgan fingerprint density at radius 3 is 2.71 bits per heavy atom. The number of benzene rings is 2. The first-order valence-electron chi connectivity index (χ1n) is 9.70. The summed E-state index contributed by atoms with van der Waals surface area (Å²) < 4.78 is 0. The molecule has 3 rings (SSSR count). The van der Waals surface area contributed by atoms with E-state index in [0.29, 0.717) is 17.1 Å². The van der Waals surface area contributed by atoms with E-state index in [1.807, 2.05) is 36.9 Å². The highest BCUT2D eigenvalue weighted by molar-refractivity contribution is 6.32. The summed E-state index contributed by atoms with van der Waals surface area (Å²) >= 11 is 6.32. The van der Waals surface area contributed by atoms with Crippen LogP contribution in [0.15, 0.2) is 42.5 Å². The first-order valence-corrected chi connectivity index (χ1v) is 10.1. The number of carbonyl (C=O) groups excluding carboxylic acids is 1. The van der Waals surface area contributed by atoms with Crippen molar-refractivity contribution in [2.45, 2.75) is 39.8 Å². The topological polar surface area (TPSA) is 47.3 Å². The third-order valence-electron chi connectivity index (χ3n) is 5.42. The Morgan fingerprint density at radius 2 is 2.07 bits per heavy atom. The molecule has 1 aliphatic heterocycles. The Kier molecular flexibility index (Phi) is 6.26. The van der Waals surface area contributed by atoms with Crippen molar-refractivity contribution in [1.29, 1.82) is 5.26 Å². The second kappa shape index (κ2) is 8.67. The summed E-state index contributed by atoms with van der Waals surface area (Å²) in [6.07, 6.45) is 0.919. The fourth-order valence-corrected chi connectivity index (χ4v) is 3.95. The number of anilines is 1. The van der Waals surface area contributed by atoms with Crippen LogP contribution in [-0.4, -0.2) is 29.9 Å². The molecule has 0 aliphatic carbocycles. The number of hydrogen-bond acceptors (Lipinski definition) is 3. The highest BCUT2D eigenvalue weighted by atomic mass is 35.5. The van der Waals surface area contributed by atoms with Crippen molar-refractivity contribution in [1.82, 2.24) is 4.90 Å². The Bertz CT molecular complexity index is 903. The van der Waals surface area contributed by atoms with E-state index < -0.39 is 0 Å². The second-order valence-electron chi connectivity index (χ2n) is 7.71. The maximum atomic E-state index is 12.5. The van der Waals surface area contributed by atoms with Crippen LogP contribution in [0.5, 0.6) is 0 Å². The van der Waals surface area contributed by atoms with Gasteiger partial charge in [0.25, 0.3) is 0 Å². The van der Waals surface area contributed by atoms with E-state index in [4.69, 9.17) is 11.6 Å². The third kappa shape index (κ3) is 4.31. The number of halogens is 1. The molecule has 1 unspecified atom stereocenters. The summed E-state index contributed by atoms with van der Waals surface area (Å²) in [7, 11) is 0. The zero-order valence-electron chi connectivity index (χ0n) is 16.7. The summed E-state index contributed by atoms with van der Waals surface area (Å²) in [6, 6.07) is 16.3. The highest BCUT2D eigenvalue weighted by Crippen LogP contribution is 2.30. The van der Waals surface area contributed by atoms with Crippen LogP contribution in [0.4, 0.5) is 5.69 Å². The molecule has 5 heteroatoms. The van der Waals surface area contributed by atoms with Crippen molar-refractivity contribution >= 4 is 23.2 Å². The molecule has 1 aliphatic rings. The molecule has 1 amide bonds. The molecule has 0 N–H and O–H groups in total. The number of nitrogens with zero attached hydrogens (tertiary/aromatic N) is 3. The lowest BCUT2D eigenvalue weighted by molar-refractivity contribution is -0.133. The summed E-state index contributed by atoms with van der Waals surface area (Å²) in [5.74, 6) is 0.212. The van der Waals surface area contributed by atoms with Gasteiger partial charge in [0.1, 0.15) is 6.07 Å². The Labute approximate surface area is 172 Å². The lowest BCUT2D eigenvalue weighted by Gasteiger charge is -2.32. The molecule has 2 aromatic carbocycles. The van der Waals surface area contributed by atoms with E-state index in [-0.39, 0.29) is 17.9 Å². The fraction of sp³-hybridized carbons (Fsp3) is 0.391. The van der Waals surface area contributed by atoms with Crippen LogP contribution in [0, 0.1) is 24.2 Å². The summed E-state index contributed by atoms with van der Waals surface area (Å²) in [5, 5.41) is 9.65. The van der Waals surface area contributed by atoms with Gasteiger partial charge in [0, 0.05) is 37.3 Å². The number of carbonyl (C=O) groups is 1. The molecule has 2 aromatic rings. The van der Waals surface area contributed by atoms with Gasteiger partial charge >= 0.3 is 0 Å². The quantitative estimate of drug-likeness (QED) is 0.731. The van der Waals surface area contributed by atoms with Crippen molar-refractivity contribution in [3.63, 3.8) is 0 Å². The molecule has 1 fully saturated rings. The number of likely N-dealkylation sites (tertiary alicyclic amines) is 1. The molecular weight excluding hydrogens is 370 g/mol. The number of rotatable bonds is 5. The third-order valence-corrected chi connectivity index (χ3v) is 5.73. The van der Waals surface area contributed by atoms with Gasteiger partial charge < -0.3 is 9.80 Å². The zero-order chi connectivity index (χ0) is 20.3. The summed E-state index contributed by atoms with van der Waals surface area (Å²) in [6.45, 7) is 8.23. The van der Waals surface area contributed by atoms with Crippen LogP contribution >= 0.6 is 11.6 Å². The van der Waals surface area contributed by atoms with Crippen LogP contribution in [0.3, 0.4) is 0 Å². The van der Waals surface area contributed by atoms with Crippen LogP contribution < -0.4 is 4.90 Å². The second-order valence-corrected chi connectivity index (χ2v) is 8.12. The molecule has 146 valence electrons. The average molecular weight is 396 g/mol. The van der Waals surface area contributed by atoms with Crippen LogP contribution in [0.25, 0.3) is 0 Å². The molecule has 0 spiro atoms. The molecular formula is C23H26ClN3O. The molecule has 0 saturated carbocycles. The summed E-state index contributed by atoms with van der Waals surface area (Å²) in [4.78, 5) is 16.7. The molecule has 0 radical (unpaired) electrons. The van der Waals surface area contributed by atoms with E-state index in [2.05, 4.69) is 36.1 Å². The molecule has 28 heavy (non-hydrogen) atoms. The van der Waals surface area contributed by atoms with Gasteiger partial charge in [-0.15, -0.1) is 0 Å². The maximum absolute atomic E-state index is 12.5. The maximum Gasteiger partial charge on any atom is 0.225 e. The standard InChI is InChI=1S/C23H26ClN3O/c1-16(2)23(28)26-11-10-21(15-26)27(14-19-7-5-4-6-17(19)3)20-9-8-18(13-25)22(24)12-20/h4-9,12,16,21H,10-11,14-15H2,1-3H3. The van der Waals surface area contributed by atoms with Crippen LogP contribution in [0.1, 0.15) is 37.0 Å². The largest absolute Gasteiger partial charge is 0.362 e. The zero-order valence-corrected chi connectivity index (χ0v) is 17.4. The number of aryl methyl sites for hydroxylation is 1. The highest BCUT2D eigenvalue weighted by Gasteiger charge is 2.32. The molecule has 1 saturated heterocycles. The predicted octanol–water partition coefficient (Wildman–Crippen LogP) is 4.78. The SMILES string of the molecule is Cc1ccccc1CN(c1ccc(C#N)c(Cl)c1)C1CCN(C(=O)C(C)C)C1. The lowest BCUT2D eigenvalue weighted by atomic mass is 10.1. The van der Waals surface area contributed by atoms with Crippen molar-refractivity contribution < 1.29 is 4.79 Å². The Balaban J connectivity index is 1.91. The van der Waals surface area contributed by atoms with Crippen LogP contribution in [0.2, 0.25) is 5.02 Å². The van der Waals surface area contributed by atoms with E-state index in [0.717, 1.165) is 25.2 Å². The molecule has 0 aromatic heterocycles. The molecule has 1 heterocycles. The average Bonchev–Trinajstić information content (AvgIpc) is 3.16. The van der Waals surface area contributed by atoms with Crippen LogP contribution in [-0.2, 0) is 11.3 Å². The van der Waals surface area contributed by atoms with Gasteiger partial charge in [-0.1, -0.05) is 49.7 Å². The van der Waals surface area contributed by atoms with Crippen molar-refractivity contribution in [2.24, 2.45) is 5.92 Å². The minimum atomic E-state index is 0.00734. The fourth-order valence-electron chi connectivity index (χ4n) is 3.74. The Hall–Kier alpha value is -2.51. The Morgan fingerprint density at radius 1 is 1.32 bits per heavy atom. The first-order chi connectivity index (χ1) is 13.4.